The van der Waals surface area contributed by atoms with Gasteiger partial charge in [-0.3, -0.25) is 0 Å². The predicted molar refractivity (Wildman–Crippen MR) is 102 cm³/mol. The van der Waals surface area contributed by atoms with Crippen molar-refractivity contribution in [3.05, 3.63) is 104 Å². The monoisotopic (exact) mass is 370 g/mol. The molecule has 25 heavy (non-hydrogen) atoms. The molecule has 0 aliphatic rings. The molecule has 128 valence electrons. The molecular formula is C20H18O3S2. The van der Waals surface area contributed by atoms with Gasteiger partial charge in [-0.05, 0) is 45.5 Å². The lowest BCUT2D eigenvalue weighted by atomic mass is 10.4. The second-order valence-corrected chi connectivity index (χ2v) is 11.4. The standard InChI is InChI=1S/C20H18O3S2/c1-2-23-25(21,22)24(18-12-6-3-7-13-18,19-14-8-4-9-15-19)20-16-10-5-11-17-20/h2-17H,1H2. The molecule has 0 radical (unpaired) electrons. The average molecular weight is 370 g/mol. The first kappa shape index (κ1) is 17.3. The SMILES string of the molecule is C=COS(=O)(=O)S(c1ccccc1)(c1ccccc1)c1ccccc1. The molecule has 5 heteroatoms. The van der Waals surface area contributed by atoms with Gasteiger partial charge in [-0.25, -0.2) is 0 Å². The van der Waals surface area contributed by atoms with Gasteiger partial charge in [0.2, 0.25) is 0 Å². The lowest BCUT2D eigenvalue weighted by Crippen LogP contribution is -2.16. The molecule has 3 rings (SSSR count). The zero-order chi connectivity index (χ0) is 17.8. The van der Waals surface area contributed by atoms with E-state index < -0.39 is 18.2 Å². The van der Waals surface area contributed by atoms with Gasteiger partial charge >= 0.3 is 9.15 Å². The van der Waals surface area contributed by atoms with Crippen LogP contribution >= 0.6 is 9.06 Å². The lowest BCUT2D eigenvalue weighted by molar-refractivity contribution is 0.461. The summed E-state index contributed by atoms with van der Waals surface area (Å²) < 4.78 is 31.9. The number of hydrogen-bond acceptors (Lipinski definition) is 3. The molecule has 0 saturated carbocycles. The fraction of sp³-hybridized carbons (Fsp3) is 0. The first-order valence-electron chi connectivity index (χ1n) is 7.66. The molecular weight excluding hydrogens is 352 g/mol. The smallest absolute Gasteiger partial charge is 0.359 e. The van der Waals surface area contributed by atoms with E-state index in [1.54, 1.807) is 0 Å². The first-order valence-corrected chi connectivity index (χ1v) is 11.2. The maximum absolute atomic E-state index is 13.4. The minimum atomic E-state index is -4.03. The van der Waals surface area contributed by atoms with Crippen LogP contribution in [0.15, 0.2) is 119 Å². The predicted octanol–water partition coefficient (Wildman–Crippen LogP) is 5.37. The summed E-state index contributed by atoms with van der Waals surface area (Å²) in [5.74, 6) is 0. The average Bonchev–Trinajstić information content (AvgIpc) is 2.65. The van der Waals surface area contributed by atoms with Crippen LogP contribution in [0.4, 0.5) is 0 Å². The molecule has 0 aliphatic carbocycles. The van der Waals surface area contributed by atoms with Gasteiger partial charge in [-0.2, -0.15) is 8.42 Å². The molecule has 0 aromatic heterocycles. The van der Waals surface area contributed by atoms with Gasteiger partial charge in [0, 0.05) is 14.7 Å². The van der Waals surface area contributed by atoms with Crippen molar-refractivity contribution in [2.75, 3.05) is 0 Å². The second kappa shape index (κ2) is 7.17. The van der Waals surface area contributed by atoms with E-state index in [2.05, 4.69) is 6.58 Å². The molecule has 0 atom stereocenters. The van der Waals surface area contributed by atoms with Gasteiger partial charge in [0.05, 0.1) is 6.26 Å². The van der Waals surface area contributed by atoms with Crippen molar-refractivity contribution in [3.8, 4) is 0 Å². The Bertz CT molecular complexity index is 841. The summed E-state index contributed by atoms with van der Waals surface area (Å²) in [4.78, 5) is 2.07. The number of rotatable bonds is 6. The van der Waals surface area contributed by atoms with Crippen LogP contribution in [-0.4, -0.2) is 8.42 Å². The van der Waals surface area contributed by atoms with Crippen molar-refractivity contribution < 1.29 is 12.6 Å². The first-order chi connectivity index (χ1) is 12.1. The van der Waals surface area contributed by atoms with Crippen LogP contribution in [0.3, 0.4) is 0 Å². The third-order valence-corrected chi connectivity index (χ3v) is 11.3. The van der Waals surface area contributed by atoms with Crippen molar-refractivity contribution in [1.29, 1.82) is 0 Å². The molecule has 0 unspecified atom stereocenters. The minimum Gasteiger partial charge on any atom is -0.384 e. The summed E-state index contributed by atoms with van der Waals surface area (Å²) in [6.45, 7) is 3.45. The van der Waals surface area contributed by atoms with Crippen LogP contribution in [-0.2, 0) is 13.3 Å². The second-order valence-electron chi connectivity index (χ2n) is 5.17. The van der Waals surface area contributed by atoms with E-state index in [4.69, 9.17) is 4.18 Å². The van der Waals surface area contributed by atoms with E-state index in [-0.39, 0.29) is 0 Å². The van der Waals surface area contributed by atoms with Gasteiger partial charge in [-0.15, -0.1) is 0 Å². The third-order valence-electron chi connectivity index (χ3n) is 3.72. The number of hydrogen-bond donors (Lipinski definition) is 0. The Hall–Kier alpha value is -2.50. The Labute approximate surface area is 149 Å². The molecule has 3 aromatic rings. The van der Waals surface area contributed by atoms with E-state index in [0.29, 0.717) is 14.7 Å². The van der Waals surface area contributed by atoms with E-state index in [9.17, 15) is 8.42 Å². The highest BCUT2D eigenvalue weighted by Crippen LogP contribution is 2.72. The Morgan fingerprint density at radius 2 is 0.960 bits per heavy atom. The van der Waals surface area contributed by atoms with Gasteiger partial charge in [0.25, 0.3) is 0 Å². The summed E-state index contributed by atoms with van der Waals surface area (Å²) >= 11 is 0. The van der Waals surface area contributed by atoms with Crippen molar-refractivity contribution in [1.82, 2.24) is 0 Å². The highest BCUT2D eigenvalue weighted by Gasteiger charge is 2.44. The molecule has 3 aromatic carbocycles. The zero-order valence-electron chi connectivity index (χ0n) is 13.5. The van der Waals surface area contributed by atoms with Gasteiger partial charge in [0.15, 0.2) is 0 Å². The Morgan fingerprint density at radius 1 is 0.640 bits per heavy atom. The molecule has 0 N–H and O–H groups in total. The summed E-state index contributed by atoms with van der Waals surface area (Å²) in [5.41, 5.74) is 0. The largest absolute Gasteiger partial charge is 0.384 e. The van der Waals surface area contributed by atoms with E-state index >= 15 is 0 Å². The summed E-state index contributed by atoms with van der Waals surface area (Å²) in [6, 6.07) is 27.6. The van der Waals surface area contributed by atoms with Gasteiger partial charge < -0.3 is 4.18 Å². The van der Waals surface area contributed by atoms with Crippen LogP contribution in [0.5, 0.6) is 0 Å². The van der Waals surface area contributed by atoms with Crippen LogP contribution < -0.4 is 0 Å². The lowest BCUT2D eigenvalue weighted by Gasteiger charge is -2.38. The number of benzene rings is 3. The third kappa shape index (κ3) is 2.97. The summed E-state index contributed by atoms with van der Waals surface area (Å²) in [5, 5.41) is 0. The minimum absolute atomic E-state index is 0.689. The molecule has 0 aliphatic heterocycles. The van der Waals surface area contributed by atoms with Crippen LogP contribution in [0.2, 0.25) is 0 Å². The molecule has 0 fully saturated rings. The summed E-state index contributed by atoms with van der Waals surface area (Å²) in [6.07, 6.45) is 0.978. The summed E-state index contributed by atoms with van der Waals surface area (Å²) in [7, 11) is -6.72. The van der Waals surface area contributed by atoms with Crippen molar-refractivity contribution in [2.24, 2.45) is 0 Å². The molecule has 0 heterocycles. The van der Waals surface area contributed by atoms with E-state index in [0.717, 1.165) is 6.26 Å². The van der Waals surface area contributed by atoms with Crippen molar-refractivity contribution >= 4 is 18.2 Å². The highest BCUT2D eigenvalue weighted by atomic mass is 33.2. The van der Waals surface area contributed by atoms with Crippen molar-refractivity contribution in [2.45, 2.75) is 14.7 Å². The topological polar surface area (TPSA) is 43.4 Å². The molecule has 0 saturated heterocycles. The molecule has 3 nitrogen and oxygen atoms in total. The highest BCUT2D eigenvalue weighted by molar-refractivity contribution is 8.89. The van der Waals surface area contributed by atoms with Gasteiger partial charge in [0.1, 0.15) is 0 Å². The van der Waals surface area contributed by atoms with E-state index in [1.165, 1.54) is 0 Å². The maximum Gasteiger partial charge on any atom is 0.359 e. The molecule has 0 amide bonds. The van der Waals surface area contributed by atoms with E-state index in [1.807, 2.05) is 91.0 Å². The van der Waals surface area contributed by atoms with Crippen molar-refractivity contribution in [3.63, 3.8) is 0 Å². The van der Waals surface area contributed by atoms with Crippen LogP contribution in [0, 0.1) is 0 Å². The quantitative estimate of drug-likeness (QED) is 0.432. The van der Waals surface area contributed by atoms with Crippen LogP contribution in [0.1, 0.15) is 0 Å². The Kier molecular flexibility index (Phi) is 4.97. The molecule has 0 bridgehead atoms. The fourth-order valence-electron chi connectivity index (χ4n) is 2.74. The maximum atomic E-state index is 13.4. The molecule has 0 spiro atoms. The Morgan fingerprint density at radius 3 is 1.24 bits per heavy atom. The van der Waals surface area contributed by atoms with Crippen LogP contribution in [0.25, 0.3) is 0 Å². The fourth-order valence-corrected chi connectivity index (χ4v) is 9.81. The zero-order valence-corrected chi connectivity index (χ0v) is 15.1. The Balaban J connectivity index is 2.47. The normalized spacial score (nSPS) is 12.3. The van der Waals surface area contributed by atoms with Gasteiger partial charge in [-0.1, -0.05) is 61.2 Å².